The first-order chi connectivity index (χ1) is 12.3. The first-order valence-electron chi connectivity index (χ1n) is 8.63. The third-order valence-corrected chi connectivity index (χ3v) is 3.40. The fourth-order valence-corrected chi connectivity index (χ4v) is 1.99. The molecule has 1 N–H and O–H groups in total. The monoisotopic (exact) mass is 368 g/mol. The minimum atomic E-state index is -0.860. The van der Waals surface area contributed by atoms with Crippen molar-refractivity contribution in [1.82, 2.24) is 5.01 Å². The maximum atomic E-state index is 11.9. The second-order valence-corrected chi connectivity index (χ2v) is 6.34. The predicted molar refractivity (Wildman–Crippen MR) is 97.0 cm³/mol. The van der Waals surface area contributed by atoms with Crippen LogP contribution in [-0.2, 0) is 9.47 Å². The van der Waals surface area contributed by atoms with Crippen LogP contribution in [0.1, 0.15) is 38.1 Å². The molecule has 8 heteroatoms. The molecular formula is C18H28N2O6. The van der Waals surface area contributed by atoms with E-state index >= 15 is 0 Å². The normalized spacial score (nSPS) is 12.1. The summed E-state index contributed by atoms with van der Waals surface area (Å²) >= 11 is 0. The van der Waals surface area contributed by atoms with Gasteiger partial charge in [-0.2, -0.15) is 0 Å². The Bertz CT molecular complexity index is 547. The van der Waals surface area contributed by atoms with E-state index < -0.39 is 12.1 Å². The fourth-order valence-electron chi connectivity index (χ4n) is 1.99. The van der Waals surface area contributed by atoms with Gasteiger partial charge in [0.1, 0.15) is 25.1 Å². The van der Waals surface area contributed by atoms with Crippen LogP contribution in [-0.4, -0.2) is 60.7 Å². The number of aliphatic hydroxyl groups is 1. The molecule has 0 aliphatic rings. The number of hydrogen-bond donors (Lipinski definition) is 1. The summed E-state index contributed by atoms with van der Waals surface area (Å²) in [6, 6.07) is 6.30. The zero-order chi connectivity index (χ0) is 19.5. The van der Waals surface area contributed by atoms with Crippen LogP contribution in [0.25, 0.3) is 0 Å². The van der Waals surface area contributed by atoms with Gasteiger partial charge in [0.25, 0.3) is 0 Å². The lowest BCUT2D eigenvalue weighted by atomic mass is 10.2. The van der Waals surface area contributed by atoms with Crippen LogP contribution < -0.4 is 4.74 Å². The second-order valence-electron chi connectivity index (χ2n) is 6.34. The van der Waals surface area contributed by atoms with Crippen molar-refractivity contribution in [3.05, 3.63) is 34.7 Å². The van der Waals surface area contributed by atoms with Gasteiger partial charge < -0.3 is 19.3 Å². The van der Waals surface area contributed by atoms with Gasteiger partial charge in [-0.05, 0) is 52.0 Å². The molecule has 0 bridgehead atoms. The maximum Gasteiger partial charge on any atom is 0.338 e. The number of nitroso groups, excluding NO2 is 1. The number of hydrogen-bond acceptors (Lipinski definition) is 7. The van der Waals surface area contributed by atoms with E-state index in [1.54, 1.807) is 24.3 Å². The standard InChI is InChI=1S/C18H28N2O6/c1-13(2)20(19-23)11-16(21)12-26-17-7-5-15(6-8-17)18(22)25-10-9-24-14(3)4/h5-8,13-14,16,21H,9-12H2,1-4H3. The van der Waals surface area contributed by atoms with Crippen LogP contribution >= 0.6 is 0 Å². The van der Waals surface area contributed by atoms with Crippen LogP contribution in [0.15, 0.2) is 29.6 Å². The number of aliphatic hydroxyl groups excluding tert-OH is 1. The van der Waals surface area contributed by atoms with E-state index in [4.69, 9.17) is 14.2 Å². The Morgan fingerprint density at radius 2 is 1.81 bits per heavy atom. The van der Waals surface area contributed by atoms with Crippen LogP contribution in [0.3, 0.4) is 0 Å². The molecular weight excluding hydrogens is 340 g/mol. The Balaban J connectivity index is 2.40. The van der Waals surface area contributed by atoms with E-state index in [2.05, 4.69) is 5.29 Å². The molecule has 26 heavy (non-hydrogen) atoms. The molecule has 0 saturated heterocycles. The molecule has 0 heterocycles. The van der Waals surface area contributed by atoms with Gasteiger partial charge in [-0.3, -0.25) is 5.01 Å². The Morgan fingerprint density at radius 1 is 1.15 bits per heavy atom. The number of carbonyl (C=O) groups is 1. The van der Waals surface area contributed by atoms with Crippen LogP contribution in [0.5, 0.6) is 5.75 Å². The average Bonchev–Trinajstić information content (AvgIpc) is 2.61. The Kier molecular flexibility index (Phi) is 9.61. The van der Waals surface area contributed by atoms with Crippen molar-refractivity contribution in [2.45, 2.75) is 45.9 Å². The smallest absolute Gasteiger partial charge is 0.338 e. The van der Waals surface area contributed by atoms with E-state index in [0.717, 1.165) is 0 Å². The first kappa shape index (κ1) is 21.9. The third-order valence-electron chi connectivity index (χ3n) is 3.40. The SMILES string of the molecule is CC(C)OCCOC(=O)c1ccc(OCC(O)CN(N=O)C(C)C)cc1. The lowest BCUT2D eigenvalue weighted by molar-refractivity contribution is 0.0177. The number of nitrogens with zero attached hydrogens (tertiary/aromatic N) is 2. The van der Waals surface area contributed by atoms with Gasteiger partial charge in [-0.1, -0.05) is 0 Å². The number of rotatable bonds is 12. The number of carbonyl (C=O) groups excluding carboxylic acids is 1. The van der Waals surface area contributed by atoms with E-state index in [1.807, 2.05) is 27.7 Å². The van der Waals surface area contributed by atoms with Crippen LogP contribution in [0, 0.1) is 4.91 Å². The van der Waals surface area contributed by atoms with Gasteiger partial charge >= 0.3 is 5.97 Å². The molecule has 1 unspecified atom stereocenters. The maximum absolute atomic E-state index is 11.9. The average molecular weight is 368 g/mol. The van der Waals surface area contributed by atoms with Crippen molar-refractivity contribution in [2.75, 3.05) is 26.4 Å². The van der Waals surface area contributed by atoms with Crippen molar-refractivity contribution in [2.24, 2.45) is 5.29 Å². The van der Waals surface area contributed by atoms with E-state index in [0.29, 0.717) is 17.9 Å². The topological polar surface area (TPSA) is 97.7 Å². The van der Waals surface area contributed by atoms with Crippen molar-refractivity contribution >= 4 is 5.97 Å². The van der Waals surface area contributed by atoms with E-state index in [1.165, 1.54) is 5.01 Å². The van der Waals surface area contributed by atoms with Crippen molar-refractivity contribution in [3.63, 3.8) is 0 Å². The molecule has 0 saturated carbocycles. The van der Waals surface area contributed by atoms with Gasteiger partial charge in [0.15, 0.2) is 0 Å². The summed E-state index contributed by atoms with van der Waals surface area (Å²) < 4.78 is 15.9. The number of benzene rings is 1. The molecule has 0 radical (unpaired) electrons. The molecule has 146 valence electrons. The van der Waals surface area contributed by atoms with Crippen molar-refractivity contribution in [3.8, 4) is 5.75 Å². The lowest BCUT2D eigenvalue weighted by Crippen LogP contribution is -2.36. The van der Waals surface area contributed by atoms with E-state index in [9.17, 15) is 14.8 Å². The summed E-state index contributed by atoms with van der Waals surface area (Å²) in [6.07, 6.45) is -0.767. The summed E-state index contributed by atoms with van der Waals surface area (Å²) in [4.78, 5) is 22.5. The van der Waals surface area contributed by atoms with Crippen molar-refractivity contribution < 1.29 is 24.1 Å². The quantitative estimate of drug-likeness (QED) is 0.262. The number of esters is 1. The Morgan fingerprint density at radius 3 is 2.35 bits per heavy atom. The third kappa shape index (κ3) is 8.26. The van der Waals surface area contributed by atoms with Gasteiger partial charge in [-0.25, -0.2) is 4.79 Å². The number of ether oxygens (including phenoxy) is 3. The highest BCUT2D eigenvalue weighted by Gasteiger charge is 2.15. The van der Waals surface area contributed by atoms with Crippen LogP contribution in [0.2, 0.25) is 0 Å². The summed E-state index contributed by atoms with van der Waals surface area (Å²) in [5.74, 6) is 0.0625. The molecule has 1 aromatic carbocycles. The molecule has 0 spiro atoms. The summed E-state index contributed by atoms with van der Waals surface area (Å²) in [5.41, 5.74) is 0.401. The predicted octanol–water partition coefficient (Wildman–Crippen LogP) is 2.40. The molecule has 0 aromatic heterocycles. The summed E-state index contributed by atoms with van der Waals surface area (Å²) in [7, 11) is 0. The Hall–Kier alpha value is -2.19. The minimum absolute atomic E-state index is 0.00900. The highest BCUT2D eigenvalue weighted by Crippen LogP contribution is 2.14. The highest BCUT2D eigenvalue weighted by atomic mass is 16.6. The van der Waals surface area contributed by atoms with Crippen LogP contribution in [0.4, 0.5) is 0 Å². The largest absolute Gasteiger partial charge is 0.491 e. The van der Waals surface area contributed by atoms with E-state index in [-0.39, 0.29) is 31.9 Å². The molecule has 1 rings (SSSR count). The fraction of sp³-hybridized carbons (Fsp3) is 0.611. The van der Waals surface area contributed by atoms with Gasteiger partial charge in [0.2, 0.25) is 0 Å². The Labute approximate surface area is 154 Å². The van der Waals surface area contributed by atoms with Crippen molar-refractivity contribution in [1.29, 1.82) is 0 Å². The van der Waals surface area contributed by atoms with Gasteiger partial charge in [0.05, 0.1) is 30.1 Å². The molecule has 0 amide bonds. The molecule has 1 atom stereocenters. The molecule has 8 nitrogen and oxygen atoms in total. The zero-order valence-corrected chi connectivity index (χ0v) is 15.8. The van der Waals surface area contributed by atoms with Gasteiger partial charge in [-0.15, -0.1) is 4.91 Å². The molecule has 0 aliphatic carbocycles. The molecule has 1 aromatic rings. The van der Waals surface area contributed by atoms with Gasteiger partial charge in [0, 0.05) is 6.04 Å². The second kappa shape index (κ2) is 11.4. The molecule has 0 aliphatic heterocycles. The summed E-state index contributed by atoms with van der Waals surface area (Å²) in [6.45, 7) is 8.08. The zero-order valence-electron chi connectivity index (χ0n) is 15.8. The lowest BCUT2D eigenvalue weighted by Gasteiger charge is -2.22. The summed E-state index contributed by atoms with van der Waals surface area (Å²) in [5, 5.41) is 14.0. The minimum Gasteiger partial charge on any atom is -0.491 e. The first-order valence-corrected chi connectivity index (χ1v) is 8.63. The molecule has 0 fully saturated rings. The highest BCUT2D eigenvalue weighted by molar-refractivity contribution is 5.89.